The topological polar surface area (TPSA) is 317 Å². The second-order valence-electron chi connectivity index (χ2n) is 9.59. The average molecular weight is 573 g/mol. The molecule has 228 valence electrons. The number of carbonyl (C=O) groups excluding carboxylic acids is 3. The van der Waals surface area contributed by atoms with Crippen molar-refractivity contribution >= 4 is 41.6 Å². The van der Waals surface area contributed by atoms with E-state index in [2.05, 4.69) is 25.9 Å². The predicted molar refractivity (Wildman–Crippen MR) is 148 cm³/mol. The van der Waals surface area contributed by atoms with Gasteiger partial charge in [-0.05, 0) is 44.4 Å². The summed E-state index contributed by atoms with van der Waals surface area (Å²) in [6.45, 7) is 3.94. The minimum absolute atomic E-state index is 0.0206. The first-order chi connectivity index (χ1) is 18.6. The van der Waals surface area contributed by atoms with Gasteiger partial charge in [0.1, 0.15) is 18.1 Å². The van der Waals surface area contributed by atoms with E-state index in [-0.39, 0.29) is 75.9 Å². The van der Waals surface area contributed by atoms with Crippen LogP contribution in [0.15, 0.2) is 9.98 Å². The Bertz CT molecular complexity index is 918. The first-order valence-electron chi connectivity index (χ1n) is 12.9. The Morgan fingerprint density at radius 3 is 1.60 bits per heavy atom. The highest BCUT2D eigenvalue weighted by atomic mass is 16.4. The molecule has 0 aliphatic carbocycles. The lowest BCUT2D eigenvalue weighted by atomic mass is 10.0. The van der Waals surface area contributed by atoms with E-state index in [0.29, 0.717) is 0 Å². The molecule has 15 N–H and O–H groups in total. The molecule has 0 heterocycles. The molecule has 0 aromatic carbocycles. The molecule has 0 saturated carbocycles. The molecule has 4 atom stereocenters. The summed E-state index contributed by atoms with van der Waals surface area (Å²) in [5.74, 6) is -4.95. The molecular weight excluding hydrogens is 528 g/mol. The minimum Gasteiger partial charge on any atom is -0.481 e. The van der Waals surface area contributed by atoms with E-state index in [0.717, 1.165) is 0 Å². The molecule has 40 heavy (non-hydrogen) atoms. The van der Waals surface area contributed by atoms with Gasteiger partial charge in [0.15, 0.2) is 11.9 Å². The third-order valence-electron chi connectivity index (χ3n) is 5.48. The Morgan fingerprint density at radius 2 is 1.15 bits per heavy atom. The number of nitrogens with one attached hydrogen (secondary N) is 3. The molecule has 17 nitrogen and oxygen atoms in total. The van der Waals surface area contributed by atoms with Crippen LogP contribution in [0, 0.1) is 5.92 Å². The fraction of sp³-hybridized carbons (Fsp3) is 0.696. The lowest BCUT2D eigenvalue weighted by molar-refractivity contribution is -0.142. The first kappa shape index (κ1) is 35.9. The number of carboxylic acids is 2. The molecule has 0 aliphatic heterocycles. The molecule has 0 aliphatic rings. The van der Waals surface area contributed by atoms with Gasteiger partial charge in [0.25, 0.3) is 0 Å². The van der Waals surface area contributed by atoms with Crippen molar-refractivity contribution < 1.29 is 34.2 Å². The normalized spacial score (nSPS) is 13.7. The lowest BCUT2D eigenvalue weighted by Gasteiger charge is -2.26. The highest BCUT2D eigenvalue weighted by Gasteiger charge is 2.30. The van der Waals surface area contributed by atoms with Gasteiger partial charge in [-0.3, -0.25) is 29.2 Å². The second-order valence-corrected chi connectivity index (χ2v) is 9.59. The quantitative estimate of drug-likeness (QED) is 0.0393. The summed E-state index contributed by atoms with van der Waals surface area (Å²) >= 11 is 0. The maximum absolute atomic E-state index is 13.2. The number of nitrogens with zero attached hydrogens (tertiary/aromatic N) is 2. The standard InChI is InChI=1S/C23H44N10O7/c1-12(2)11-16(33-18(36)13(24)7-8-17(34)35)20(38)31-14(5-3-9-29-22(25)26)19(37)32-15(21(39)40)6-4-10-30-23(27)28/h12-16H,3-11,24H2,1-2H3,(H,31,38)(H,32,37)(H,33,36)(H,34,35)(H,39,40)(H4,25,26,29)(H4,27,28,30). The van der Waals surface area contributed by atoms with Crippen molar-refractivity contribution in [2.75, 3.05) is 13.1 Å². The summed E-state index contributed by atoms with van der Waals surface area (Å²) in [7, 11) is 0. The largest absolute Gasteiger partial charge is 0.481 e. The van der Waals surface area contributed by atoms with Crippen molar-refractivity contribution in [3.05, 3.63) is 0 Å². The third-order valence-corrected chi connectivity index (χ3v) is 5.48. The zero-order valence-electron chi connectivity index (χ0n) is 23.0. The second kappa shape index (κ2) is 19.0. The van der Waals surface area contributed by atoms with E-state index < -0.39 is 53.8 Å². The Labute approximate surface area is 232 Å². The first-order valence-corrected chi connectivity index (χ1v) is 12.9. The summed E-state index contributed by atoms with van der Waals surface area (Å²) in [6.07, 6.45) is 0.328. The fourth-order valence-electron chi connectivity index (χ4n) is 3.47. The van der Waals surface area contributed by atoms with Gasteiger partial charge in [-0.2, -0.15) is 0 Å². The summed E-state index contributed by atoms with van der Waals surface area (Å²) < 4.78 is 0. The number of carbonyl (C=O) groups is 5. The maximum Gasteiger partial charge on any atom is 0.326 e. The van der Waals surface area contributed by atoms with Gasteiger partial charge >= 0.3 is 11.9 Å². The Kier molecular flexibility index (Phi) is 17.0. The average Bonchev–Trinajstić information content (AvgIpc) is 2.84. The van der Waals surface area contributed by atoms with Gasteiger partial charge in [-0.1, -0.05) is 13.8 Å². The van der Waals surface area contributed by atoms with Crippen molar-refractivity contribution in [3.8, 4) is 0 Å². The number of carboxylic acid groups (broad SMARTS) is 2. The summed E-state index contributed by atoms with van der Waals surface area (Å²) in [5.41, 5.74) is 26.9. The summed E-state index contributed by atoms with van der Waals surface area (Å²) in [6, 6.07) is -4.72. The number of nitrogens with two attached hydrogens (primary N) is 5. The molecule has 0 spiro atoms. The van der Waals surface area contributed by atoms with E-state index in [1.54, 1.807) is 0 Å². The Hall–Kier alpha value is -4.15. The van der Waals surface area contributed by atoms with Gasteiger partial charge in [0.2, 0.25) is 17.7 Å². The fourth-order valence-corrected chi connectivity index (χ4v) is 3.47. The smallest absolute Gasteiger partial charge is 0.326 e. The summed E-state index contributed by atoms with van der Waals surface area (Å²) in [4.78, 5) is 68.9. The van der Waals surface area contributed by atoms with Gasteiger partial charge < -0.3 is 54.8 Å². The number of hydrogen-bond donors (Lipinski definition) is 10. The van der Waals surface area contributed by atoms with E-state index in [9.17, 15) is 29.1 Å². The van der Waals surface area contributed by atoms with E-state index >= 15 is 0 Å². The number of aliphatic carboxylic acids is 2. The monoisotopic (exact) mass is 572 g/mol. The molecular formula is C23H44N10O7. The van der Waals surface area contributed by atoms with Crippen LogP contribution in [0.25, 0.3) is 0 Å². The van der Waals surface area contributed by atoms with Crippen LogP contribution < -0.4 is 44.6 Å². The van der Waals surface area contributed by atoms with Crippen molar-refractivity contribution in [1.82, 2.24) is 16.0 Å². The zero-order chi connectivity index (χ0) is 30.8. The Balaban J connectivity index is 5.64. The van der Waals surface area contributed by atoms with Crippen LogP contribution in [0.4, 0.5) is 0 Å². The van der Waals surface area contributed by atoms with Crippen LogP contribution in [0.5, 0.6) is 0 Å². The van der Waals surface area contributed by atoms with E-state index in [1.165, 1.54) is 0 Å². The summed E-state index contributed by atoms with van der Waals surface area (Å²) in [5, 5.41) is 25.9. The molecule has 0 rings (SSSR count). The minimum atomic E-state index is -1.29. The van der Waals surface area contributed by atoms with Crippen molar-refractivity contribution in [1.29, 1.82) is 0 Å². The zero-order valence-corrected chi connectivity index (χ0v) is 23.0. The van der Waals surface area contributed by atoms with Crippen molar-refractivity contribution in [3.63, 3.8) is 0 Å². The molecule has 0 bridgehead atoms. The third kappa shape index (κ3) is 16.6. The molecule has 0 radical (unpaired) electrons. The van der Waals surface area contributed by atoms with Crippen molar-refractivity contribution in [2.24, 2.45) is 44.6 Å². The molecule has 17 heteroatoms. The van der Waals surface area contributed by atoms with E-state index in [4.69, 9.17) is 33.8 Å². The number of guanidine groups is 2. The number of hydrogen-bond acceptors (Lipinski definition) is 8. The number of amides is 3. The molecule has 0 aromatic rings. The van der Waals surface area contributed by atoms with Crippen LogP contribution in [0.3, 0.4) is 0 Å². The van der Waals surface area contributed by atoms with Crippen LogP contribution in [-0.2, 0) is 24.0 Å². The molecule has 4 unspecified atom stereocenters. The Morgan fingerprint density at radius 1 is 0.700 bits per heavy atom. The van der Waals surface area contributed by atoms with Gasteiger partial charge in [-0.15, -0.1) is 0 Å². The predicted octanol–water partition coefficient (Wildman–Crippen LogP) is -3.13. The van der Waals surface area contributed by atoms with Gasteiger partial charge in [-0.25, -0.2) is 4.79 Å². The number of rotatable bonds is 20. The molecule has 0 saturated heterocycles. The van der Waals surface area contributed by atoms with Crippen LogP contribution in [-0.4, -0.2) is 89.0 Å². The van der Waals surface area contributed by atoms with Crippen LogP contribution in [0.1, 0.15) is 58.8 Å². The van der Waals surface area contributed by atoms with Gasteiger partial charge in [0, 0.05) is 19.5 Å². The maximum atomic E-state index is 13.2. The number of aliphatic imine (C=N–C) groups is 2. The van der Waals surface area contributed by atoms with E-state index in [1.807, 2.05) is 13.8 Å². The van der Waals surface area contributed by atoms with Crippen molar-refractivity contribution in [2.45, 2.75) is 83.0 Å². The highest BCUT2D eigenvalue weighted by molar-refractivity contribution is 5.94. The SMILES string of the molecule is CC(C)CC(NC(=O)C(N)CCC(=O)O)C(=O)NC(CCCN=C(N)N)C(=O)NC(CCCN=C(N)N)C(=O)O. The van der Waals surface area contributed by atoms with Gasteiger partial charge in [0.05, 0.1) is 6.04 Å². The van der Waals surface area contributed by atoms with Crippen LogP contribution in [0.2, 0.25) is 0 Å². The van der Waals surface area contributed by atoms with Crippen LogP contribution >= 0.6 is 0 Å². The lowest BCUT2D eigenvalue weighted by Crippen LogP contribution is -2.57. The molecule has 0 fully saturated rings. The molecule has 3 amide bonds. The molecule has 0 aromatic heterocycles. The highest BCUT2D eigenvalue weighted by Crippen LogP contribution is 2.09.